The molecule has 1 heteroatoms. The van der Waals surface area contributed by atoms with Gasteiger partial charge in [-0.1, -0.05) is 73.5 Å². The average Bonchev–Trinajstić information content (AvgIpc) is 2.84. The molecule has 1 saturated heterocycles. The van der Waals surface area contributed by atoms with E-state index in [0.29, 0.717) is 5.41 Å². The monoisotopic (exact) mass is 319 g/mol. The van der Waals surface area contributed by atoms with Crippen molar-refractivity contribution in [3.05, 3.63) is 71.8 Å². The second-order valence-electron chi connectivity index (χ2n) is 7.77. The van der Waals surface area contributed by atoms with Crippen LogP contribution in [0.4, 0.5) is 0 Å². The Balaban J connectivity index is 1.56. The van der Waals surface area contributed by atoms with Gasteiger partial charge in [0, 0.05) is 6.54 Å². The molecule has 2 atom stereocenters. The molecule has 2 aromatic carbocycles. The van der Waals surface area contributed by atoms with Crippen LogP contribution in [0.15, 0.2) is 60.7 Å². The van der Waals surface area contributed by atoms with E-state index in [4.69, 9.17) is 0 Å². The van der Waals surface area contributed by atoms with Crippen molar-refractivity contribution in [2.24, 2.45) is 5.92 Å². The van der Waals surface area contributed by atoms with Crippen LogP contribution in [0.5, 0.6) is 0 Å². The normalized spacial score (nSPS) is 28.1. The van der Waals surface area contributed by atoms with Gasteiger partial charge >= 0.3 is 0 Å². The third-order valence-electron chi connectivity index (χ3n) is 6.47. The highest BCUT2D eigenvalue weighted by atomic mass is 15.1. The van der Waals surface area contributed by atoms with Crippen molar-refractivity contribution < 1.29 is 0 Å². The molecule has 1 aliphatic heterocycles. The Morgan fingerprint density at radius 2 is 1.54 bits per heavy atom. The molecular formula is C23H29N. The smallest absolute Gasteiger partial charge is 0.0233 e. The average molecular weight is 319 g/mol. The minimum atomic E-state index is 0.435. The summed E-state index contributed by atoms with van der Waals surface area (Å²) in [6.07, 6.45) is 8.34. The zero-order valence-corrected chi connectivity index (χ0v) is 14.7. The predicted octanol–water partition coefficient (Wildman–Crippen LogP) is 5.41. The third kappa shape index (κ3) is 3.15. The van der Waals surface area contributed by atoms with Crippen LogP contribution in [0.2, 0.25) is 0 Å². The molecule has 1 nitrogen and oxygen atoms in total. The fourth-order valence-corrected chi connectivity index (χ4v) is 5.16. The van der Waals surface area contributed by atoms with Crippen molar-refractivity contribution in [2.75, 3.05) is 13.1 Å². The fraction of sp³-hybridized carbons (Fsp3) is 0.478. The quantitative estimate of drug-likeness (QED) is 0.731. The summed E-state index contributed by atoms with van der Waals surface area (Å²) in [5, 5.41) is 0. The first-order valence-corrected chi connectivity index (χ1v) is 9.69. The number of nitrogens with zero attached hydrogens (tertiary/aromatic N) is 1. The van der Waals surface area contributed by atoms with Gasteiger partial charge in [-0.15, -0.1) is 0 Å². The molecule has 1 aliphatic carbocycles. The summed E-state index contributed by atoms with van der Waals surface area (Å²) in [6, 6.07) is 22.4. The molecule has 2 fully saturated rings. The first kappa shape index (κ1) is 15.9. The van der Waals surface area contributed by atoms with Gasteiger partial charge in [-0.05, 0) is 61.2 Å². The molecule has 2 aromatic rings. The Morgan fingerprint density at radius 3 is 2.33 bits per heavy atom. The summed E-state index contributed by atoms with van der Waals surface area (Å²) in [4.78, 5) is 2.69. The van der Waals surface area contributed by atoms with E-state index in [0.717, 1.165) is 12.5 Å². The van der Waals surface area contributed by atoms with Crippen LogP contribution in [0.1, 0.15) is 49.7 Å². The number of fused-ring (bicyclic) bond motifs is 1. The second kappa shape index (κ2) is 7.11. The Bertz CT molecular complexity index is 636. The molecule has 0 spiro atoms. The van der Waals surface area contributed by atoms with Crippen LogP contribution in [0, 0.1) is 5.92 Å². The van der Waals surface area contributed by atoms with Crippen LogP contribution in [0.3, 0.4) is 0 Å². The van der Waals surface area contributed by atoms with Gasteiger partial charge in [-0.25, -0.2) is 0 Å². The number of hydrogen-bond acceptors (Lipinski definition) is 1. The molecule has 0 bridgehead atoms. The van der Waals surface area contributed by atoms with E-state index in [1.54, 1.807) is 5.56 Å². The number of rotatable bonds is 3. The first-order chi connectivity index (χ1) is 11.9. The van der Waals surface area contributed by atoms with Gasteiger partial charge in [0.05, 0.1) is 0 Å². The Hall–Kier alpha value is -1.60. The maximum atomic E-state index is 2.69. The van der Waals surface area contributed by atoms with Gasteiger partial charge < -0.3 is 0 Å². The molecule has 0 N–H and O–H groups in total. The van der Waals surface area contributed by atoms with Crippen molar-refractivity contribution in [1.29, 1.82) is 0 Å². The first-order valence-electron chi connectivity index (χ1n) is 9.69. The van der Waals surface area contributed by atoms with Gasteiger partial charge in [-0.3, -0.25) is 4.90 Å². The Kier molecular flexibility index (Phi) is 4.71. The van der Waals surface area contributed by atoms with Crippen molar-refractivity contribution in [3.63, 3.8) is 0 Å². The highest BCUT2D eigenvalue weighted by Gasteiger charge is 2.43. The van der Waals surface area contributed by atoms with E-state index < -0.39 is 0 Å². The summed E-state index contributed by atoms with van der Waals surface area (Å²) in [5.74, 6) is 0.870. The van der Waals surface area contributed by atoms with Crippen LogP contribution < -0.4 is 0 Å². The lowest BCUT2D eigenvalue weighted by Crippen LogP contribution is -2.38. The van der Waals surface area contributed by atoms with Gasteiger partial charge in [0.15, 0.2) is 0 Å². The summed E-state index contributed by atoms with van der Waals surface area (Å²) in [7, 11) is 0. The summed E-state index contributed by atoms with van der Waals surface area (Å²) in [6.45, 7) is 3.60. The van der Waals surface area contributed by atoms with E-state index in [-0.39, 0.29) is 0 Å². The molecule has 126 valence electrons. The molecule has 4 rings (SSSR count). The fourth-order valence-electron chi connectivity index (χ4n) is 5.16. The maximum absolute atomic E-state index is 2.69. The number of benzene rings is 2. The zero-order valence-electron chi connectivity index (χ0n) is 14.7. The van der Waals surface area contributed by atoms with Gasteiger partial charge in [0.1, 0.15) is 0 Å². The molecular weight excluding hydrogens is 290 g/mol. The minimum absolute atomic E-state index is 0.435. The summed E-state index contributed by atoms with van der Waals surface area (Å²) >= 11 is 0. The van der Waals surface area contributed by atoms with Crippen molar-refractivity contribution >= 4 is 0 Å². The Morgan fingerprint density at radius 1 is 0.792 bits per heavy atom. The van der Waals surface area contributed by atoms with Crippen LogP contribution in [0.25, 0.3) is 0 Å². The van der Waals surface area contributed by atoms with E-state index >= 15 is 0 Å². The van der Waals surface area contributed by atoms with Gasteiger partial charge in [0.2, 0.25) is 0 Å². The van der Waals surface area contributed by atoms with Crippen molar-refractivity contribution in [3.8, 4) is 0 Å². The van der Waals surface area contributed by atoms with E-state index in [1.165, 1.54) is 57.2 Å². The standard InChI is InChI=1S/C23H29N/c1-3-9-20(10-4-1)19-24-17-14-22-13-7-8-15-23(22,16-18-24)21-11-5-2-6-12-21/h1-6,9-12,22H,7-8,13-19H2. The lowest BCUT2D eigenvalue weighted by atomic mass is 9.60. The maximum Gasteiger partial charge on any atom is 0.0233 e. The molecule has 24 heavy (non-hydrogen) atoms. The SMILES string of the molecule is c1ccc(CN2CCC3CCCCC3(c3ccccc3)CC2)cc1. The molecule has 0 radical (unpaired) electrons. The number of likely N-dealkylation sites (tertiary alicyclic amines) is 1. The topological polar surface area (TPSA) is 3.24 Å². The van der Waals surface area contributed by atoms with Gasteiger partial charge in [-0.2, -0.15) is 0 Å². The summed E-state index contributed by atoms with van der Waals surface area (Å²) in [5.41, 5.74) is 3.50. The highest BCUT2D eigenvalue weighted by molar-refractivity contribution is 5.28. The molecule has 2 unspecified atom stereocenters. The van der Waals surface area contributed by atoms with Crippen LogP contribution in [-0.2, 0) is 12.0 Å². The Labute approximate surface area is 146 Å². The van der Waals surface area contributed by atoms with E-state index in [9.17, 15) is 0 Å². The van der Waals surface area contributed by atoms with Crippen molar-refractivity contribution in [1.82, 2.24) is 4.90 Å². The summed E-state index contributed by atoms with van der Waals surface area (Å²) < 4.78 is 0. The largest absolute Gasteiger partial charge is 0.299 e. The minimum Gasteiger partial charge on any atom is -0.299 e. The second-order valence-corrected chi connectivity index (χ2v) is 7.77. The molecule has 1 saturated carbocycles. The van der Waals surface area contributed by atoms with Crippen LogP contribution >= 0.6 is 0 Å². The number of hydrogen-bond donors (Lipinski definition) is 0. The zero-order chi connectivity index (χ0) is 16.2. The van der Waals surface area contributed by atoms with E-state index in [1.807, 2.05) is 0 Å². The predicted molar refractivity (Wildman–Crippen MR) is 101 cm³/mol. The van der Waals surface area contributed by atoms with Crippen LogP contribution in [-0.4, -0.2) is 18.0 Å². The molecule has 1 heterocycles. The van der Waals surface area contributed by atoms with Gasteiger partial charge in [0.25, 0.3) is 0 Å². The van der Waals surface area contributed by atoms with E-state index in [2.05, 4.69) is 65.6 Å². The lowest BCUT2D eigenvalue weighted by Gasteiger charge is -2.44. The molecule has 2 aliphatic rings. The molecule has 0 amide bonds. The highest BCUT2D eigenvalue weighted by Crippen LogP contribution is 2.49. The van der Waals surface area contributed by atoms with Crippen molar-refractivity contribution in [2.45, 2.75) is 50.5 Å². The third-order valence-corrected chi connectivity index (χ3v) is 6.47. The molecule has 0 aromatic heterocycles. The lowest BCUT2D eigenvalue weighted by molar-refractivity contribution is 0.176.